The molecule has 0 saturated heterocycles. The Morgan fingerprint density at radius 3 is 2.43 bits per heavy atom. The van der Waals surface area contributed by atoms with E-state index in [1.807, 2.05) is 30.8 Å². The van der Waals surface area contributed by atoms with Gasteiger partial charge in [0, 0.05) is 29.9 Å². The van der Waals surface area contributed by atoms with Crippen molar-refractivity contribution in [3.05, 3.63) is 52.5 Å². The number of hydrogen-bond acceptors (Lipinski definition) is 4. The number of hydrogen-bond donors (Lipinski definition) is 1. The van der Waals surface area contributed by atoms with Gasteiger partial charge < -0.3 is 5.32 Å². The molecule has 1 aliphatic carbocycles. The summed E-state index contributed by atoms with van der Waals surface area (Å²) in [5.41, 5.74) is 1.77. The Kier molecular flexibility index (Phi) is 7.50. The van der Waals surface area contributed by atoms with Crippen LogP contribution in [0, 0.1) is 6.92 Å². The molecule has 0 radical (unpaired) electrons. The fourth-order valence-electron chi connectivity index (χ4n) is 3.46. The number of halogens is 1. The molecule has 0 atom stereocenters. The Bertz CT molecular complexity index is 1030. The summed E-state index contributed by atoms with van der Waals surface area (Å²) in [4.78, 5) is 14.1. The number of thioether (sulfide) groups is 1. The molecule has 0 bridgehead atoms. The van der Waals surface area contributed by atoms with Crippen molar-refractivity contribution >= 4 is 45.0 Å². The van der Waals surface area contributed by atoms with Crippen molar-refractivity contribution < 1.29 is 13.2 Å². The molecule has 8 heteroatoms. The molecule has 162 valence electrons. The van der Waals surface area contributed by atoms with Gasteiger partial charge in [0.05, 0.1) is 15.5 Å². The standard InChI is InChI=1S/C22H27ClN2O3S2/c1-15-13-17(29-16-7-5-4-6-8-16)9-12-21(15)24-22(26)19-14-18(10-11-20(19)23)30(27,28)25(2)3/h9-14,16H,4-8H2,1-3H3,(H,24,26). The minimum absolute atomic E-state index is 0.0259. The van der Waals surface area contributed by atoms with Crippen LogP contribution in [-0.2, 0) is 10.0 Å². The maximum atomic E-state index is 12.8. The van der Waals surface area contributed by atoms with E-state index in [1.165, 1.54) is 69.3 Å². The molecular weight excluding hydrogens is 440 g/mol. The highest BCUT2D eigenvalue weighted by molar-refractivity contribution is 8.00. The van der Waals surface area contributed by atoms with Gasteiger partial charge in [-0.3, -0.25) is 4.79 Å². The number of carbonyl (C=O) groups excluding carboxylic acids is 1. The van der Waals surface area contributed by atoms with E-state index in [0.29, 0.717) is 10.9 Å². The summed E-state index contributed by atoms with van der Waals surface area (Å²) in [5.74, 6) is -0.438. The van der Waals surface area contributed by atoms with Gasteiger partial charge >= 0.3 is 0 Å². The van der Waals surface area contributed by atoms with Crippen LogP contribution in [-0.4, -0.2) is 38.0 Å². The molecule has 0 unspecified atom stereocenters. The first-order valence-electron chi connectivity index (χ1n) is 9.99. The van der Waals surface area contributed by atoms with Crippen molar-refractivity contribution in [1.29, 1.82) is 0 Å². The van der Waals surface area contributed by atoms with Gasteiger partial charge in [0.25, 0.3) is 5.91 Å². The zero-order chi connectivity index (χ0) is 21.9. The second-order valence-corrected chi connectivity index (χ2v) is 11.7. The van der Waals surface area contributed by atoms with Crippen LogP contribution in [0.4, 0.5) is 5.69 Å². The Balaban J connectivity index is 1.77. The minimum atomic E-state index is -3.66. The molecule has 3 rings (SSSR count). The van der Waals surface area contributed by atoms with E-state index in [2.05, 4.69) is 11.4 Å². The first-order chi connectivity index (χ1) is 14.2. The summed E-state index contributed by atoms with van der Waals surface area (Å²) in [7, 11) is -0.770. The second-order valence-electron chi connectivity index (χ2n) is 7.74. The van der Waals surface area contributed by atoms with Crippen molar-refractivity contribution in [2.24, 2.45) is 0 Å². The topological polar surface area (TPSA) is 66.5 Å². The predicted octanol–water partition coefficient (Wildman–Crippen LogP) is 5.58. The lowest BCUT2D eigenvalue weighted by molar-refractivity contribution is 0.102. The van der Waals surface area contributed by atoms with Gasteiger partial charge in [0.15, 0.2) is 0 Å². The fraction of sp³-hybridized carbons (Fsp3) is 0.409. The number of anilines is 1. The zero-order valence-corrected chi connectivity index (χ0v) is 19.8. The Hall–Kier alpha value is -1.54. The number of carbonyl (C=O) groups is 1. The molecule has 30 heavy (non-hydrogen) atoms. The molecule has 1 N–H and O–H groups in total. The van der Waals surface area contributed by atoms with Gasteiger partial charge in [-0.05, 0) is 61.7 Å². The quantitative estimate of drug-likeness (QED) is 0.603. The number of aryl methyl sites for hydroxylation is 1. The predicted molar refractivity (Wildman–Crippen MR) is 124 cm³/mol. The van der Waals surface area contributed by atoms with Crippen molar-refractivity contribution in [2.75, 3.05) is 19.4 Å². The molecule has 1 amide bonds. The molecule has 5 nitrogen and oxygen atoms in total. The summed E-state index contributed by atoms with van der Waals surface area (Å²) < 4.78 is 25.9. The molecule has 2 aromatic carbocycles. The van der Waals surface area contributed by atoms with Gasteiger partial charge in [-0.2, -0.15) is 0 Å². The normalized spacial score (nSPS) is 15.4. The van der Waals surface area contributed by atoms with Gasteiger partial charge in [-0.15, -0.1) is 11.8 Å². The van der Waals surface area contributed by atoms with Crippen LogP contribution in [0.3, 0.4) is 0 Å². The van der Waals surface area contributed by atoms with Crippen LogP contribution in [0.1, 0.15) is 48.0 Å². The van der Waals surface area contributed by atoms with E-state index >= 15 is 0 Å². The van der Waals surface area contributed by atoms with E-state index < -0.39 is 15.9 Å². The minimum Gasteiger partial charge on any atom is -0.322 e. The van der Waals surface area contributed by atoms with Crippen molar-refractivity contribution in [2.45, 2.75) is 54.1 Å². The molecule has 0 spiro atoms. The third kappa shape index (κ3) is 5.38. The number of benzene rings is 2. The van der Waals surface area contributed by atoms with Gasteiger partial charge in [0.2, 0.25) is 10.0 Å². The number of nitrogens with one attached hydrogen (secondary N) is 1. The van der Waals surface area contributed by atoms with E-state index in [1.54, 1.807) is 0 Å². The average Bonchev–Trinajstić information content (AvgIpc) is 2.70. The Morgan fingerprint density at radius 2 is 1.80 bits per heavy atom. The van der Waals surface area contributed by atoms with Crippen LogP contribution >= 0.6 is 23.4 Å². The molecule has 0 aromatic heterocycles. The van der Waals surface area contributed by atoms with Crippen molar-refractivity contribution in [3.63, 3.8) is 0 Å². The SMILES string of the molecule is Cc1cc(SC2CCCCC2)ccc1NC(=O)c1cc(S(=O)(=O)N(C)C)ccc1Cl. The summed E-state index contributed by atoms with van der Waals surface area (Å²) >= 11 is 8.10. The lowest BCUT2D eigenvalue weighted by Crippen LogP contribution is -2.23. The van der Waals surface area contributed by atoms with Gasteiger partial charge in [-0.25, -0.2) is 12.7 Å². The first-order valence-corrected chi connectivity index (χ1v) is 12.7. The van der Waals surface area contributed by atoms with Crippen LogP contribution < -0.4 is 5.32 Å². The number of sulfonamides is 1. The highest BCUT2D eigenvalue weighted by Crippen LogP contribution is 2.35. The zero-order valence-electron chi connectivity index (χ0n) is 17.4. The highest BCUT2D eigenvalue weighted by Gasteiger charge is 2.21. The second kappa shape index (κ2) is 9.73. The average molecular weight is 467 g/mol. The molecule has 1 fully saturated rings. The Morgan fingerprint density at radius 1 is 1.10 bits per heavy atom. The fourth-order valence-corrected chi connectivity index (χ4v) is 5.94. The van der Waals surface area contributed by atoms with Crippen LogP contribution in [0.15, 0.2) is 46.2 Å². The Labute approximate surface area is 188 Å². The van der Waals surface area contributed by atoms with Crippen LogP contribution in [0.5, 0.6) is 0 Å². The monoisotopic (exact) mass is 466 g/mol. The summed E-state index contributed by atoms with van der Waals surface area (Å²) in [6.45, 7) is 1.95. The van der Waals surface area contributed by atoms with E-state index in [4.69, 9.17) is 11.6 Å². The summed E-state index contributed by atoms with van der Waals surface area (Å²) in [5, 5.41) is 3.73. The van der Waals surface area contributed by atoms with Crippen LogP contribution in [0.2, 0.25) is 5.02 Å². The number of nitrogens with zero attached hydrogens (tertiary/aromatic N) is 1. The number of amides is 1. The first kappa shape index (κ1) is 23.1. The molecular formula is C22H27ClN2O3S2. The lowest BCUT2D eigenvalue weighted by Gasteiger charge is -2.21. The maximum absolute atomic E-state index is 12.8. The lowest BCUT2D eigenvalue weighted by atomic mass is 10.0. The van der Waals surface area contributed by atoms with E-state index in [0.717, 1.165) is 9.87 Å². The molecule has 1 aliphatic rings. The molecule has 0 aliphatic heterocycles. The van der Waals surface area contributed by atoms with E-state index in [9.17, 15) is 13.2 Å². The molecule has 2 aromatic rings. The largest absolute Gasteiger partial charge is 0.322 e. The van der Waals surface area contributed by atoms with Crippen molar-refractivity contribution in [3.8, 4) is 0 Å². The summed E-state index contributed by atoms with van der Waals surface area (Å²) in [6, 6.07) is 10.2. The highest BCUT2D eigenvalue weighted by atomic mass is 35.5. The van der Waals surface area contributed by atoms with Crippen LogP contribution in [0.25, 0.3) is 0 Å². The van der Waals surface area contributed by atoms with Crippen molar-refractivity contribution in [1.82, 2.24) is 4.31 Å². The number of rotatable bonds is 6. The third-order valence-corrected chi connectivity index (χ3v) is 8.73. The van der Waals surface area contributed by atoms with E-state index in [-0.39, 0.29) is 15.5 Å². The maximum Gasteiger partial charge on any atom is 0.257 e. The summed E-state index contributed by atoms with van der Waals surface area (Å²) in [6.07, 6.45) is 6.45. The smallest absolute Gasteiger partial charge is 0.257 e. The third-order valence-electron chi connectivity index (χ3n) is 5.26. The van der Waals surface area contributed by atoms with Gasteiger partial charge in [-0.1, -0.05) is 30.9 Å². The molecule has 1 saturated carbocycles. The van der Waals surface area contributed by atoms with Gasteiger partial charge in [0.1, 0.15) is 0 Å². The molecule has 0 heterocycles.